The molecule has 0 fully saturated rings. The summed E-state index contributed by atoms with van der Waals surface area (Å²) in [5, 5.41) is 1.25. The minimum atomic E-state index is 0.542. The molecule has 0 amide bonds. The Morgan fingerprint density at radius 3 is 2.53 bits per heavy atom. The van der Waals surface area contributed by atoms with Crippen molar-refractivity contribution in [1.29, 1.82) is 0 Å². The topological polar surface area (TPSA) is 16.1 Å². The summed E-state index contributed by atoms with van der Waals surface area (Å²) in [5.74, 6) is 0.542. The number of rotatable bonds is 4. The van der Waals surface area contributed by atoms with Crippen LogP contribution in [0.25, 0.3) is 0 Å². The fraction of sp³-hybridized carbons (Fsp3) is 0.583. The van der Waals surface area contributed by atoms with Crippen molar-refractivity contribution < 1.29 is 0 Å². The predicted molar refractivity (Wildman–Crippen MR) is 67.5 cm³/mol. The molecular formula is C12H20N2S. The van der Waals surface area contributed by atoms with Crippen LogP contribution in [0.1, 0.15) is 35.3 Å². The van der Waals surface area contributed by atoms with Crippen molar-refractivity contribution in [3.63, 3.8) is 0 Å². The quantitative estimate of drug-likeness (QED) is 0.781. The Kier molecular flexibility index (Phi) is 4.33. The number of allylic oxidation sites excluding steroid dienone is 1. The van der Waals surface area contributed by atoms with E-state index in [0.29, 0.717) is 5.92 Å². The number of aromatic nitrogens is 1. The minimum Gasteiger partial charge on any atom is -0.384 e. The predicted octanol–water partition coefficient (Wildman–Crippen LogP) is 3.19. The first-order valence-corrected chi connectivity index (χ1v) is 6.11. The Labute approximate surface area is 96.6 Å². The molecule has 0 atom stereocenters. The highest BCUT2D eigenvalue weighted by molar-refractivity contribution is 7.11. The molecule has 0 radical (unpaired) electrons. The number of nitrogens with zero attached hydrogens (tertiary/aromatic N) is 2. The second-order valence-corrected chi connectivity index (χ2v) is 5.38. The molecule has 1 rings (SSSR count). The summed E-state index contributed by atoms with van der Waals surface area (Å²) < 4.78 is 0. The SMILES string of the molecule is Cc1nc(C(C)C)sc1CC=CN(C)C. The molecule has 2 nitrogen and oxygen atoms in total. The largest absolute Gasteiger partial charge is 0.384 e. The summed E-state index contributed by atoms with van der Waals surface area (Å²) in [4.78, 5) is 8.02. The lowest BCUT2D eigenvalue weighted by molar-refractivity contribution is 0.562. The molecule has 1 heterocycles. The molecule has 3 heteroatoms. The summed E-state index contributed by atoms with van der Waals surface area (Å²) in [6.45, 7) is 6.48. The van der Waals surface area contributed by atoms with Gasteiger partial charge >= 0.3 is 0 Å². The standard InChI is InChI=1S/C12H20N2S/c1-9(2)12-13-10(3)11(15-12)7-6-8-14(4)5/h6,8-9H,7H2,1-5H3. The summed E-state index contributed by atoms with van der Waals surface area (Å²) >= 11 is 1.84. The highest BCUT2D eigenvalue weighted by atomic mass is 32.1. The van der Waals surface area contributed by atoms with E-state index >= 15 is 0 Å². The highest BCUT2D eigenvalue weighted by Crippen LogP contribution is 2.24. The molecule has 0 bridgehead atoms. The second kappa shape index (κ2) is 5.31. The van der Waals surface area contributed by atoms with Crippen molar-refractivity contribution >= 4 is 11.3 Å². The molecule has 0 aliphatic rings. The van der Waals surface area contributed by atoms with Gasteiger partial charge in [-0.15, -0.1) is 11.3 Å². The van der Waals surface area contributed by atoms with Gasteiger partial charge < -0.3 is 4.90 Å². The van der Waals surface area contributed by atoms with E-state index < -0.39 is 0 Å². The van der Waals surface area contributed by atoms with Gasteiger partial charge in [0.1, 0.15) is 0 Å². The summed E-state index contributed by atoms with van der Waals surface area (Å²) in [5.41, 5.74) is 1.19. The zero-order valence-electron chi connectivity index (χ0n) is 10.2. The molecule has 0 spiro atoms. The number of hydrogen-bond donors (Lipinski definition) is 0. The average Bonchev–Trinajstić information content (AvgIpc) is 2.47. The molecule has 0 unspecified atom stereocenters. The summed E-state index contributed by atoms with van der Waals surface area (Å²) in [7, 11) is 4.07. The third-order valence-electron chi connectivity index (χ3n) is 2.11. The van der Waals surface area contributed by atoms with Crippen LogP contribution in [0, 0.1) is 6.92 Å². The van der Waals surface area contributed by atoms with Gasteiger partial charge in [0.15, 0.2) is 0 Å². The molecule has 0 aliphatic heterocycles. The van der Waals surface area contributed by atoms with Crippen LogP contribution >= 0.6 is 11.3 Å². The fourth-order valence-corrected chi connectivity index (χ4v) is 2.30. The first-order chi connectivity index (χ1) is 7.00. The van der Waals surface area contributed by atoms with Gasteiger partial charge in [0, 0.05) is 31.3 Å². The minimum absolute atomic E-state index is 0.542. The van der Waals surface area contributed by atoms with Crippen molar-refractivity contribution in [2.45, 2.75) is 33.1 Å². The van der Waals surface area contributed by atoms with Crippen LogP contribution in [0.5, 0.6) is 0 Å². The number of hydrogen-bond acceptors (Lipinski definition) is 3. The number of aryl methyl sites for hydroxylation is 1. The molecule has 84 valence electrons. The third kappa shape index (κ3) is 3.67. The Bertz CT molecular complexity index is 337. The van der Waals surface area contributed by atoms with E-state index in [1.54, 1.807) is 0 Å². The van der Waals surface area contributed by atoms with E-state index in [-0.39, 0.29) is 0 Å². The van der Waals surface area contributed by atoms with E-state index in [1.807, 2.05) is 25.4 Å². The van der Waals surface area contributed by atoms with Crippen LogP contribution in [-0.2, 0) is 6.42 Å². The molecule has 0 N–H and O–H groups in total. The first-order valence-electron chi connectivity index (χ1n) is 5.30. The van der Waals surface area contributed by atoms with Gasteiger partial charge in [-0.2, -0.15) is 0 Å². The zero-order chi connectivity index (χ0) is 11.4. The molecule has 1 aromatic heterocycles. The van der Waals surface area contributed by atoms with Gasteiger partial charge in [0.25, 0.3) is 0 Å². The van der Waals surface area contributed by atoms with Crippen molar-refractivity contribution in [2.24, 2.45) is 0 Å². The van der Waals surface area contributed by atoms with Gasteiger partial charge in [-0.05, 0) is 13.1 Å². The van der Waals surface area contributed by atoms with Crippen LogP contribution < -0.4 is 0 Å². The third-order valence-corrected chi connectivity index (χ3v) is 3.59. The molecule has 0 aromatic carbocycles. The van der Waals surface area contributed by atoms with Crippen LogP contribution in [0.15, 0.2) is 12.3 Å². The fourth-order valence-electron chi connectivity index (χ4n) is 1.26. The van der Waals surface area contributed by atoms with Gasteiger partial charge in [0.2, 0.25) is 0 Å². The molecule has 0 aliphatic carbocycles. The molecule has 0 saturated heterocycles. The average molecular weight is 224 g/mol. The maximum Gasteiger partial charge on any atom is 0.0956 e. The van der Waals surface area contributed by atoms with E-state index in [4.69, 9.17) is 0 Å². The maximum absolute atomic E-state index is 4.58. The molecular weight excluding hydrogens is 204 g/mol. The zero-order valence-corrected chi connectivity index (χ0v) is 11.1. The van der Waals surface area contributed by atoms with Crippen LogP contribution in [-0.4, -0.2) is 24.0 Å². The lowest BCUT2D eigenvalue weighted by Crippen LogP contribution is -2.00. The normalized spacial score (nSPS) is 11.6. The van der Waals surface area contributed by atoms with Crippen molar-refractivity contribution in [2.75, 3.05) is 14.1 Å². The smallest absolute Gasteiger partial charge is 0.0956 e. The Hall–Kier alpha value is -0.830. The van der Waals surface area contributed by atoms with E-state index in [2.05, 4.69) is 42.9 Å². The van der Waals surface area contributed by atoms with E-state index in [9.17, 15) is 0 Å². The lowest BCUT2D eigenvalue weighted by atomic mass is 10.2. The highest BCUT2D eigenvalue weighted by Gasteiger charge is 2.08. The Morgan fingerprint density at radius 1 is 1.40 bits per heavy atom. The van der Waals surface area contributed by atoms with Crippen molar-refractivity contribution in [3.8, 4) is 0 Å². The van der Waals surface area contributed by atoms with Gasteiger partial charge in [0.05, 0.1) is 10.7 Å². The van der Waals surface area contributed by atoms with Gasteiger partial charge in [-0.25, -0.2) is 4.98 Å². The van der Waals surface area contributed by atoms with Crippen LogP contribution in [0.3, 0.4) is 0 Å². The van der Waals surface area contributed by atoms with Crippen molar-refractivity contribution in [1.82, 2.24) is 9.88 Å². The molecule has 15 heavy (non-hydrogen) atoms. The lowest BCUT2D eigenvalue weighted by Gasteiger charge is -2.02. The summed E-state index contributed by atoms with van der Waals surface area (Å²) in [6.07, 6.45) is 5.27. The summed E-state index contributed by atoms with van der Waals surface area (Å²) in [6, 6.07) is 0. The molecule has 1 aromatic rings. The van der Waals surface area contributed by atoms with Crippen molar-refractivity contribution in [3.05, 3.63) is 27.9 Å². The van der Waals surface area contributed by atoms with Gasteiger partial charge in [-0.3, -0.25) is 0 Å². The first kappa shape index (κ1) is 12.2. The van der Waals surface area contributed by atoms with Gasteiger partial charge in [-0.1, -0.05) is 19.9 Å². The Balaban J connectivity index is 2.69. The Morgan fingerprint density at radius 2 is 2.07 bits per heavy atom. The molecule has 0 saturated carbocycles. The van der Waals surface area contributed by atoms with E-state index in [1.165, 1.54) is 15.6 Å². The maximum atomic E-state index is 4.58. The number of thiazole rings is 1. The second-order valence-electron chi connectivity index (χ2n) is 4.27. The van der Waals surface area contributed by atoms with Crippen LogP contribution in [0.2, 0.25) is 0 Å². The van der Waals surface area contributed by atoms with Crippen LogP contribution in [0.4, 0.5) is 0 Å². The monoisotopic (exact) mass is 224 g/mol. The van der Waals surface area contributed by atoms with E-state index in [0.717, 1.165) is 6.42 Å².